The van der Waals surface area contributed by atoms with Crippen LogP contribution in [-0.2, 0) is 17.9 Å². The van der Waals surface area contributed by atoms with E-state index in [1.807, 2.05) is 55.5 Å². The molecule has 0 atom stereocenters. The van der Waals surface area contributed by atoms with Gasteiger partial charge in [-0.25, -0.2) is 4.68 Å². The third kappa shape index (κ3) is 4.11. The van der Waals surface area contributed by atoms with E-state index < -0.39 is 0 Å². The highest BCUT2D eigenvalue weighted by atomic mass is 79.9. The molecule has 4 aromatic rings. The lowest BCUT2D eigenvalue weighted by molar-refractivity contribution is -0.121. The van der Waals surface area contributed by atoms with Gasteiger partial charge < -0.3 is 5.32 Å². The molecule has 0 aliphatic rings. The summed E-state index contributed by atoms with van der Waals surface area (Å²) in [5.41, 5.74) is 1.79. The van der Waals surface area contributed by atoms with Crippen molar-refractivity contribution in [3.8, 4) is 0 Å². The molecule has 0 aliphatic carbocycles. The lowest BCUT2D eigenvalue weighted by Crippen LogP contribution is -2.26. The number of aryl methyl sites for hydroxylation is 2. The molecule has 0 radical (unpaired) electrons. The van der Waals surface area contributed by atoms with Crippen LogP contribution in [0.2, 0.25) is 0 Å². The third-order valence-electron chi connectivity index (χ3n) is 4.85. The van der Waals surface area contributed by atoms with Crippen molar-refractivity contribution >= 4 is 53.3 Å². The van der Waals surface area contributed by atoms with Crippen molar-refractivity contribution < 1.29 is 4.79 Å². The molecule has 0 bridgehead atoms. The van der Waals surface area contributed by atoms with Crippen LogP contribution < -0.4 is 10.9 Å². The Labute approximate surface area is 180 Å². The summed E-state index contributed by atoms with van der Waals surface area (Å²) in [4.78, 5) is 25.2. The van der Waals surface area contributed by atoms with E-state index >= 15 is 0 Å². The Morgan fingerprint density at radius 1 is 1.17 bits per heavy atom. The SMILES string of the molecule is Cc1nn(CCCC(=O)NCc2ccccc2Br)c(=O)c2c1sc1ccccc12. The van der Waals surface area contributed by atoms with Gasteiger partial charge in [0.05, 0.1) is 15.8 Å². The minimum Gasteiger partial charge on any atom is -0.352 e. The molecular weight excluding hydrogens is 450 g/mol. The second kappa shape index (κ2) is 8.47. The molecule has 29 heavy (non-hydrogen) atoms. The van der Waals surface area contributed by atoms with Crippen LogP contribution in [0, 0.1) is 6.92 Å². The Morgan fingerprint density at radius 3 is 2.76 bits per heavy atom. The van der Waals surface area contributed by atoms with Crippen LogP contribution in [0.4, 0.5) is 0 Å². The fourth-order valence-electron chi connectivity index (χ4n) is 3.38. The quantitative estimate of drug-likeness (QED) is 0.441. The lowest BCUT2D eigenvalue weighted by atomic mass is 10.2. The number of aromatic nitrogens is 2. The van der Waals surface area contributed by atoms with Crippen LogP contribution in [0.5, 0.6) is 0 Å². The largest absolute Gasteiger partial charge is 0.352 e. The van der Waals surface area contributed by atoms with Crippen molar-refractivity contribution in [3.05, 3.63) is 74.6 Å². The van der Waals surface area contributed by atoms with Gasteiger partial charge in [0.15, 0.2) is 0 Å². The fourth-order valence-corrected chi connectivity index (χ4v) is 4.94. The summed E-state index contributed by atoms with van der Waals surface area (Å²) < 4.78 is 4.51. The molecule has 1 amide bonds. The van der Waals surface area contributed by atoms with Gasteiger partial charge in [0.2, 0.25) is 5.91 Å². The van der Waals surface area contributed by atoms with E-state index in [1.165, 1.54) is 4.68 Å². The molecule has 0 unspecified atom stereocenters. The van der Waals surface area contributed by atoms with Crippen molar-refractivity contribution in [3.63, 3.8) is 0 Å². The van der Waals surface area contributed by atoms with Gasteiger partial charge in [0.25, 0.3) is 5.56 Å². The number of thiophene rings is 1. The zero-order valence-corrected chi connectivity index (χ0v) is 18.3. The number of carbonyl (C=O) groups excluding carboxylic acids is 1. The zero-order valence-electron chi connectivity index (χ0n) is 15.9. The van der Waals surface area contributed by atoms with Crippen molar-refractivity contribution in [2.24, 2.45) is 0 Å². The maximum Gasteiger partial charge on any atom is 0.276 e. The molecule has 0 fully saturated rings. The second-order valence-corrected chi connectivity index (χ2v) is 8.79. The first-order valence-electron chi connectivity index (χ1n) is 9.43. The second-order valence-electron chi connectivity index (χ2n) is 6.89. The standard InChI is InChI=1S/C22H20BrN3O2S/c1-14-21-20(16-8-3-5-10-18(16)29-21)22(28)26(25-14)12-6-11-19(27)24-13-15-7-2-4-9-17(15)23/h2-5,7-10H,6,11-13H2,1H3,(H,24,27). The Balaban J connectivity index is 1.44. The van der Waals surface area contributed by atoms with Gasteiger partial charge in [0.1, 0.15) is 0 Å². The predicted octanol–water partition coefficient (Wildman–Crippen LogP) is 4.78. The molecule has 2 aromatic carbocycles. The molecule has 2 aromatic heterocycles. The van der Waals surface area contributed by atoms with Crippen LogP contribution in [0.15, 0.2) is 57.8 Å². The minimum atomic E-state index is -0.0864. The number of nitrogens with one attached hydrogen (secondary N) is 1. The van der Waals surface area contributed by atoms with Crippen LogP contribution >= 0.6 is 27.3 Å². The Kier molecular flexibility index (Phi) is 5.78. The monoisotopic (exact) mass is 469 g/mol. The number of halogens is 1. The van der Waals surface area contributed by atoms with Crippen LogP contribution in [0.1, 0.15) is 24.1 Å². The summed E-state index contributed by atoms with van der Waals surface area (Å²) >= 11 is 5.08. The predicted molar refractivity (Wildman–Crippen MR) is 121 cm³/mol. The van der Waals surface area contributed by atoms with E-state index in [9.17, 15) is 9.59 Å². The molecule has 0 saturated heterocycles. The molecule has 0 aliphatic heterocycles. The lowest BCUT2D eigenvalue weighted by Gasteiger charge is -2.08. The Hall–Kier alpha value is -2.51. The summed E-state index contributed by atoms with van der Waals surface area (Å²) in [5.74, 6) is -0.0346. The van der Waals surface area contributed by atoms with Gasteiger partial charge >= 0.3 is 0 Å². The number of hydrogen-bond acceptors (Lipinski definition) is 4. The summed E-state index contributed by atoms with van der Waals surface area (Å²) in [6.45, 7) is 2.82. The Bertz CT molecular complexity index is 1260. The molecule has 5 nitrogen and oxygen atoms in total. The van der Waals surface area contributed by atoms with Gasteiger partial charge in [-0.15, -0.1) is 11.3 Å². The number of rotatable bonds is 6. The average molecular weight is 470 g/mol. The number of benzene rings is 2. The number of hydrogen-bond donors (Lipinski definition) is 1. The zero-order chi connectivity index (χ0) is 20.4. The van der Waals surface area contributed by atoms with E-state index in [4.69, 9.17) is 0 Å². The van der Waals surface area contributed by atoms with E-state index in [1.54, 1.807) is 11.3 Å². The number of nitrogens with zero attached hydrogens (tertiary/aromatic N) is 2. The van der Waals surface area contributed by atoms with Crippen molar-refractivity contribution in [1.82, 2.24) is 15.1 Å². The minimum absolute atomic E-state index is 0.0346. The maximum absolute atomic E-state index is 13.0. The summed E-state index contributed by atoms with van der Waals surface area (Å²) in [5, 5.41) is 9.11. The molecular formula is C22H20BrN3O2S. The highest BCUT2D eigenvalue weighted by molar-refractivity contribution is 9.10. The highest BCUT2D eigenvalue weighted by Crippen LogP contribution is 2.32. The maximum atomic E-state index is 13.0. The van der Waals surface area contributed by atoms with Gasteiger partial charge in [-0.2, -0.15) is 5.10 Å². The van der Waals surface area contributed by atoms with Crippen molar-refractivity contribution in [2.45, 2.75) is 32.9 Å². The number of fused-ring (bicyclic) bond motifs is 3. The van der Waals surface area contributed by atoms with E-state index in [2.05, 4.69) is 26.3 Å². The van der Waals surface area contributed by atoms with Gasteiger partial charge in [-0.1, -0.05) is 52.3 Å². The van der Waals surface area contributed by atoms with E-state index in [-0.39, 0.29) is 11.5 Å². The van der Waals surface area contributed by atoms with Crippen LogP contribution in [0.3, 0.4) is 0 Å². The third-order valence-corrected chi connectivity index (χ3v) is 6.90. The van der Waals surface area contributed by atoms with Crippen LogP contribution in [-0.4, -0.2) is 15.7 Å². The first-order valence-corrected chi connectivity index (χ1v) is 11.0. The molecule has 148 valence electrons. The Morgan fingerprint density at radius 2 is 1.93 bits per heavy atom. The first kappa shape index (κ1) is 19.8. The molecule has 7 heteroatoms. The van der Waals surface area contributed by atoms with Crippen molar-refractivity contribution in [1.29, 1.82) is 0 Å². The first-order chi connectivity index (χ1) is 14.0. The highest BCUT2D eigenvalue weighted by Gasteiger charge is 2.14. The topological polar surface area (TPSA) is 64.0 Å². The molecule has 0 spiro atoms. The number of amides is 1. The molecule has 0 saturated carbocycles. The van der Waals surface area contributed by atoms with E-state index in [0.717, 1.165) is 35.9 Å². The van der Waals surface area contributed by atoms with Gasteiger partial charge in [-0.3, -0.25) is 9.59 Å². The van der Waals surface area contributed by atoms with Crippen molar-refractivity contribution in [2.75, 3.05) is 0 Å². The summed E-state index contributed by atoms with van der Waals surface area (Å²) in [6, 6.07) is 15.7. The smallest absolute Gasteiger partial charge is 0.276 e. The average Bonchev–Trinajstić information content (AvgIpc) is 3.11. The summed E-state index contributed by atoms with van der Waals surface area (Å²) in [7, 11) is 0. The van der Waals surface area contributed by atoms with Gasteiger partial charge in [0, 0.05) is 34.1 Å². The van der Waals surface area contributed by atoms with Crippen LogP contribution in [0.25, 0.3) is 20.2 Å². The molecule has 1 N–H and O–H groups in total. The summed E-state index contributed by atoms with van der Waals surface area (Å²) in [6.07, 6.45) is 0.905. The molecule has 2 heterocycles. The number of carbonyl (C=O) groups is 1. The normalized spacial score (nSPS) is 11.2. The fraction of sp³-hybridized carbons (Fsp3) is 0.227. The van der Waals surface area contributed by atoms with E-state index in [0.29, 0.717) is 25.9 Å². The van der Waals surface area contributed by atoms with Gasteiger partial charge in [-0.05, 0) is 31.0 Å². The molecule has 4 rings (SSSR count).